The van der Waals surface area contributed by atoms with Gasteiger partial charge in [0.2, 0.25) is 0 Å². The zero-order valence-corrected chi connectivity index (χ0v) is 28.4. The van der Waals surface area contributed by atoms with E-state index in [-0.39, 0.29) is 0 Å². The molecule has 0 bridgehead atoms. The highest BCUT2D eigenvalue weighted by Gasteiger charge is 2.17. The molecule has 0 saturated heterocycles. The van der Waals surface area contributed by atoms with Gasteiger partial charge in [0, 0.05) is 16.7 Å². The summed E-state index contributed by atoms with van der Waals surface area (Å²) in [4.78, 5) is 15.5. The fourth-order valence-electron chi connectivity index (χ4n) is 6.79. The Balaban J connectivity index is 1.19. The fourth-order valence-corrected chi connectivity index (χ4v) is 6.79. The molecule has 0 aliphatic heterocycles. The Labute approximate surface area is 303 Å². The van der Waals surface area contributed by atoms with E-state index in [0.717, 1.165) is 50.1 Å². The Morgan fingerprint density at radius 2 is 0.596 bits per heavy atom. The third-order valence-electron chi connectivity index (χ3n) is 9.56. The second kappa shape index (κ2) is 13.7. The summed E-state index contributed by atoms with van der Waals surface area (Å²) in [5, 5.41) is 2.46. The van der Waals surface area contributed by atoms with Crippen LogP contribution >= 0.6 is 0 Å². The molecule has 0 saturated carbocycles. The second-order valence-electron chi connectivity index (χ2n) is 12.9. The topological polar surface area (TPSA) is 38.7 Å². The zero-order chi connectivity index (χ0) is 34.7. The van der Waals surface area contributed by atoms with Gasteiger partial charge in [-0.05, 0) is 67.4 Å². The van der Waals surface area contributed by atoms with Gasteiger partial charge < -0.3 is 0 Å². The number of fused-ring (bicyclic) bond motifs is 1. The molecule has 0 radical (unpaired) electrons. The van der Waals surface area contributed by atoms with Crippen molar-refractivity contribution in [2.75, 3.05) is 0 Å². The molecule has 8 aromatic carbocycles. The predicted molar refractivity (Wildman–Crippen MR) is 215 cm³/mol. The molecule has 0 spiro atoms. The molecule has 0 unspecified atom stereocenters. The minimum absolute atomic E-state index is 0.626. The first-order valence-corrected chi connectivity index (χ1v) is 17.5. The van der Waals surface area contributed by atoms with Crippen molar-refractivity contribution in [1.82, 2.24) is 15.0 Å². The van der Waals surface area contributed by atoms with Gasteiger partial charge in [-0.25, -0.2) is 15.0 Å². The van der Waals surface area contributed by atoms with E-state index in [1.54, 1.807) is 0 Å². The molecule has 0 aliphatic rings. The van der Waals surface area contributed by atoms with Crippen LogP contribution in [0.5, 0.6) is 0 Å². The smallest absolute Gasteiger partial charge is 0.164 e. The van der Waals surface area contributed by atoms with Crippen LogP contribution in [0, 0.1) is 0 Å². The summed E-state index contributed by atoms with van der Waals surface area (Å²) in [5.41, 5.74) is 11.8. The molecule has 3 nitrogen and oxygen atoms in total. The summed E-state index contributed by atoms with van der Waals surface area (Å²) < 4.78 is 0. The lowest BCUT2D eigenvalue weighted by Gasteiger charge is -2.14. The Bertz CT molecular complexity index is 2630. The highest BCUT2D eigenvalue weighted by atomic mass is 15.0. The molecule has 0 N–H and O–H groups in total. The molecule has 9 rings (SSSR count). The maximum atomic E-state index is 5.21. The van der Waals surface area contributed by atoms with Gasteiger partial charge in [-0.15, -0.1) is 0 Å². The quantitative estimate of drug-likeness (QED) is 0.170. The van der Waals surface area contributed by atoms with Crippen LogP contribution in [0.2, 0.25) is 0 Å². The fraction of sp³-hybridized carbons (Fsp3) is 0. The minimum Gasteiger partial charge on any atom is -0.208 e. The first-order valence-electron chi connectivity index (χ1n) is 17.5. The molecule has 0 fully saturated rings. The standard InChI is InChI=1S/C49H33N3/c1-4-12-34(13-5-1)37-20-25-40(26-21-37)47-50-48(41-27-22-38(23-28-41)43-29-24-36-16-10-11-19-42(36)32-43)52-49(51-47)46-33-44(35-14-6-2-7-15-35)30-31-45(46)39-17-8-3-9-18-39/h1-33H. The maximum Gasteiger partial charge on any atom is 0.164 e. The van der Waals surface area contributed by atoms with Gasteiger partial charge in [0.1, 0.15) is 0 Å². The Kier molecular flexibility index (Phi) is 8.20. The van der Waals surface area contributed by atoms with Gasteiger partial charge in [-0.2, -0.15) is 0 Å². The van der Waals surface area contributed by atoms with E-state index in [4.69, 9.17) is 15.0 Å². The zero-order valence-electron chi connectivity index (χ0n) is 28.4. The Hall–Kier alpha value is -6.97. The van der Waals surface area contributed by atoms with Gasteiger partial charge in [0.15, 0.2) is 17.5 Å². The first kappa shape index (κ1) is 31.0. The summed E-state index contributed by atoms with van der Waals surface area (Å²) in [6.07, 6.45) is 0. The molecule has 244 valence electrons. The van der Waals surface area contributed by atoms with Crippen LogP contribution in [-0.2, 0) is 0 Å². The largest absolute Gasteiger partial charge is 0.208 e. The molecule has 52 heavy (non-hydrogen) atoms. The SMILES string of the molecule is c1ccc(-c2ccc(-c3nc(-c4ccc(-c5ccc6ccccc6c5)cc4)nc(-c4cc(-c5ccccc5)ccc4-c4ccccc4)n3)cc2)cc1. The molecule has 9 aromatic rings. The Morgan fingerprint density at radius 1 is 0.212 bits per heavy atom. The third-order valence-corrected chi connectivity index (χ3v) is 9.56. The monoisotopic (exact) mass is 663 g/mol. The first-order chi connectivity index (χ1) is 25.7. The van der Waals surface area contributed by atoms with E-state index >= 15 is 0 Å². The van der Waals surface area contributed by atoms with Crippen LogP contribution in [0.1, 0.15) is 0 Å². The van der Waals surface area contributed by atoms with E-state index in [0.29, 0.717) is 17.5 Å². The predicted octanol–water partition coefficient (Wildman–Crippen LogP) is 12.7. The third kappa shape index (κ3) is 6.28. The number of rotatable bonds is 7. The van der Waals surface area contributed by atoms with Crippen LogP contribution in [0.15, 0.2) is 200 Å². The average Bonchev–Trinajstić information content (AvgIpc) is 3.24. The van der Waals surface area contributed by atoms with Crippen LogP contribution in [0.25, 0.3) is 89.4 Å². The highest BCUT2D eigenvalue weighted by molar-refractivity contribution is 5.88. The van der Waals surface area contributed by atoms with Gasteiger partial charge >= 0.3 is 0 Å². The summed E-state index contributed by atoms with van der Waals surface area (Å²) >= 11 is 0. The molecule has 3 heteroatoms. The van der Waals surface area contributed by atoms with Crippen LogP contribution in [0.3, 0.4) is 0 Å². The number of benzene rings is 8. The summed E-state index contributed by atoms with van der Waals surface area (Å²) in [6, 6.07) is 70.0. The van der Waals surface area contributed by atoms with Gasteiger partial charge in [0.05, 0.1) is 0 Å². The summed E-state index contributed by atoms with van der Waals surface area (Å²) in [6.45, 7) is 0. The highest BCUT2D eigenvalue weighted by Crippen LogP contribution is 2.36. The van der Waals surface area contributed by atoms with E-state index in [1.807, 2.05) is 18.2 Å². The molecular formula is C49H33N3. The lowest BCUT2D eigenvalue weighted by molar-refractivity contribution is 1.07. The molecular weight excluding hydrogens is 631 g/mol. The van der Waals surface area contributed by atoms with E-state index in [1.165, 1.54) is 21.9 Å². The molecule has 1 heterocycles. The number of hydrogen-bond acceptors (Lipinski definition) is 3. The summed E-state index contributed by atoms with van der Waals surface area (Å²) in [5.74, 6) is 1.88. The minimum atomic E-state index is 0.626. The summed E-state index contributed by atoms with van der Waals surface area (Å²) in [7, 11) is 0. The number of aromatic nitrogens is 3. The molecule has 1 aromatic heterocycles. The van der Waals surface area contributed by atoms with Crippen molar-refractivity contribution in [1.29, 1.82) is 0 Å². The van der Waals surface area contributed by atoms with Crippen molar-refractivity contribution >= 4 is 10.8 Å². The van der Waals surface area contributed by atoms with Crippen molar-refractivity contribution < 1.29 is 0 Å². The van der Waals surface area contributed by atoms with E-state index in [2.05, 4.69) is 182 Å². The lowest BCUT2D eigenvalue weighted by atomic mass is 9.94. The normalized spacial score (nSPS) is 11.1. The number of hydrogen-bond donors (Lipinski definition) is 0. The Morgan fingerprint density at radius 3 is 1.19 bits per heavy atom. The van der Waals surface area contributed by atoms with Gasteiger partial charge in [-0.3, -0.25) is 0 Å². The number of nitrogens with zero attached hydrogens (tertiary/aromatic N) is 3. The second-order valence-corrected chi connectivity index (χ2v) is 12.9. The van der Waals surface area contributed by atoms with E-state index in [9.17, 15) is 0 Å². The van der Waals surface area contributed by atoms with Crippen LogP contribution in [-0.4, -0.2) is 15.0 Å². The van der Waals surface area contributed by atoms with E-state index < -0.39 is 0 Å². The molecule has 0 atom stereocenters. The van der Waals surface area contributed by atoms with Crippen molar-refractivity contribution in [3.63, 3.8) is 0 Å². The van der Waals surface area contributed by atoms with Gasteiger partial charge in [-0.1, -0.05) is 188 Å². The molecule has 0 amide bonds. The lowest BCUT2D eigenvalue weighted by Crippen LogP contribution is -2.01. The van der Waals surface area contributed by atoms with Crippen molar-refractivity contribution in [2.24, 2.45) is 0 Å². The van der Waals surface area contributed by atoms with Crippen molar-refractivity contribution in [3.8, 4) is 78.7 Å². The van der Waals surface area contributed by atoms with Gasteiger partial charge in [0.25, 0.3) is 0 Å². The van der Waals surface area contributed by atoms with Crippen LogP contribution < -0.4 is 0 Å². The van der Waals surface area contributed by atoms with Crippen molar-refractivity contribution in [3.05, 3.63) is 200 Å². The average molecular weight is 664 g/mol. The molecule has 0 aliphatic carbocycles. The van der Waals surface area contributed by atoms with Crippen LogP contribution in [0.4, 0.5) is 0 Å². The van der Waals surface area contributed by atoms with Crippen molar-refractivity contribution in [2.45, 2.75) is 0 Å². The maximum absolute atomic E-state index is 5.21.